The van der Waals surface area contributed by atoms with Crippen LogP contribution < -0.4 is 0 Å². The summed E-state index contributed by atoms with van der Waals surface area (Å²) in [5.74, 6) is -3.10. The normalized spacial score (nSPS) is 18.6. The van der Waals surface area contributed by atoms with E-state index < -0.39 is 29.5 Å². The number of nitrogens with zero attached hydrogens (tertiary/aromatic N) is 2. The lowest BCUT2D eigenvalue weighted by atomic mass is 9.63. The second kappa shape index (κ2) is 7.59. The number of hydrogen-bond donors (Lipinski definition) is 0. The van der Waals surface area contributed by atoms with Gasteiger partial charge in [0.25, 0.3) is 5.91 Å². The van der Waals surface area contributed by atoms with Crippen LogP contribution in [0.1, 0.15) is 35.4 Å². The van der Waals surface area contributed by atoms with E-state index in [9.17, 15) is 27.6 Å². The molecule has 2 aromatic rings. The number of benzene rings is 1. The predicted molar refractivity (Wildman–Crippen MR) is 106 cm³/mol. The first-order valence-corrected chi connectivity index (χ1v) is 9.96. The molecule has 0 atom stereocenters. The third kappa shape index (κ3) is 3.75. The predicted octanol–water partition coefficient (Wildman–Crippen LogP) is 3.61. The summed E-state index contributed by atoms with van der Waals surface area (Å²) in [7, 11) is 0. The van der Waals surface area contributed by atoms with Gasteiger partial charge in [0, 0.05) is 36.9 Å². The van der Waals surface area contributed by atoms with Crippen LogP contribution >= 0.6 is 0 Å². The summed E-state index contributed by atoms with van der Waals surface area (Å²) < 4.78 is 38.4. The SMILES string of the molecule is Cc1cc(-c2ccc(F)cn2)cc(C)c1C1C(=O)CC2(CC1=O)CN(C(=O)C(F)F)C2. The van der Waals surface area contributed by atoms with Gasteiger partial charge in [-0.1, -0.05) is 0 Å². The van der Waals surface area contributed by atoms with Gasteiger partial charge in [-0.3, -0.25) is 19.4 Å². The summed E-state index contributed by atoms with van der Waals surface area (Å²) in [6.07, 6.45) is -1.80. The average molecular weight is 430 g/mol. The standard InChI is InChI=1S/C23H21F3N2O3/c1-12-5-14(16-4-3-15(24)9-27-16)6-13(2)19(12)20-17(29)7-23(8-18(20)30)10-28(11-23)22(31)21(25)26/h3-6,9,20-21H,7-8,10-11H2,1-2H3. The zero-order valence-electron chi connectivity index (χ0n) is 17.1. The van der Waals surface area contributed by atoms with Crippen LogP contribution in [0.4, 0.5) is 13.2 Å². The smallest absolute Gasteiger partial charge is 0.315 e. The molecule has 0 unspecified atom stereocenters. The van der Waals surface area contributed by atoms with Crippen molar-refractivity contribution < 1.29 is 27.6 Å². The third-order valence-corrected chi connectivity index (χ3v) is 6.20. The van der Waals surface area contributed by atoms with E-state index in [2.05, 4.69) is 4.98 Å². The molecule has 4 rings (SSSR count). The number of carbonyl (C=O) groups excluding carboxylic acids is 3. The number of likely N-dealkylation sites (tertiary alicyclic amines) is 1. The van der Waals surface area contributed by atoms with Crippen LogP contribution in [0.15, 0.2) is 30.5 Å². The zero-order chi connectivity index (χ0) is 22.5. The Morgan fingerprint density at radius 3 is 2.16 bits per heavy atom. The van der Waals surface area contributed by atoms with Gasteiger partial charge in [-0.2, -0.15) is 8.78 Å². The maximum Gasteiger partial charge on any atom is 0.315 e. The van der Waals surface area contributed by atoms with Crippen LogP contribution in [-0.2, 0) is 14.4 Å². The van der Waals surface area contributed by atoms with Crippen molar-refractivity contribution >= 4 is 17.5 Å². The molecular weight excluding hydrogens is 409 g/mol. The fraction of sp³-hybridized carbons (Fsp3) is 0.391. The highest BCUT2D eigenvalue weighted by Gasteiger charge is 2.54. The number of pyridine rings is 1. The Morgan fingerprint density at radius 1 is 1.10 bits per heavy atom. The van der Waals surface area contributed by atoms with Crippen LogP contribution in [0.5, 0.6) is 0 Å². The summed E-state index contributed by atoms with van der Waals surface area (Å²) in [6.45, 7) is 3.64. The molecule has 1 saturated heterocycles. The van der Waals surface area contributed by atoms with Gasteiger partial charge < -0.3 is 4.90 Å². The summed E-state index contributed by atoms with van der Waals surface area (Å²) >= 11 is 0. The summed E-state index contributed by atoms with van der Waals surface area (Å²) in [5, 5.41) is 0. The number of amides is 1. The molecule has 1 aliphatic carbocycles. The number of rotatable bonds is 3. The molecule has 0 N–H and O–H groups in total. The lowest BCUT2D eigenvalue weighted by Gasteiger charge is -2.52. The molecule has 1 aromatic heterocycles. The van der Waals surface area contributed by atoms with Crippen LogP contribution in [0.3, 0.4) is 0 Å². The average Bonchev–Trinajstić information content (AvgIpc) is 2.67. The molecule has 2 fully saturated rings. The quantitative estimate of drug-likeness (QED) is 0.698. The molecule has 5 nitrogen and oxygen atoms in total. The third-order valence-electron chi connectivity index (χ3n) is 6.20. The first kappa shape index (κ1) is 21.2. The monoisotopic (exact) mass is 430 g/mol. The van der Waals surface area contributed by atoms with E-state index in [0.717, 1.165) is 27.8 Å². The molecule has 1 spiro atoms. The minimum atomic E-state index is -3.08. The van der Waals surface area contributed by atoms with Crippen molar-refractivity contribution in [1.29, 1.82) is 0 Å². The van der Waals surface area contributed by atoms with E-state index in [1.165, 1.54) is 6.07 Å². The Kier molecular flexibility index (Phi) is 5.19. The summed E-state index contributed by atoms with van der Waals surface area (Å²) in [5.41, 5.74) is 2.77. The van der Waals surface area contributed by atoms with Gasteiger partial charge in [0.05, 0.1) is 11.9 Å². The van der Waals surface area contributed by atoms with Crippen molar-refractivity contribution in [3.8, 4) is 11.3 Å². The van der Waals surface area contributed by atoms with Gasteiger partial charge >= 0.3 is 6.43 Å². The Hall–Kier alpha value is -3.03. The maximum absolute atomic E-state index is 13.2. The van der Waals surface area contributed by atoms with Gasteiger partial charge in [0.1, 0.15) is 23.3 Å². The largest absolute Gasteiger partial charge is 0.336 e. The highest BCUT2D eigenvalue weighted by atomic mass is 19.3. The fourth-order valence-corrected chi connectivity index (χ4v) is 4.91. The van der Waals surface area contributed by atoms with E-state index in [-0.39, 0.29) is 37.5 Å². The van der Waals surface area contributed by atoms with E-state index >= 15 is 0 Å². The fourth-order valence-electron chi connectivity index (χ4n) is 4.91. The Balaban J connectivity index is 1.57. The van der Waals surface area contributed by atoms with Gasteiger partial charge in [0.2, 0.25) is 0 Å². The topological polar surface area (TPSA) is 67.3 Å². The molecule has 0 bridgehead atoms. The zero-order valence-corrected chi connectivity index (χ0v) is 17.1. The number of aromatic nitrogens is 1. The minimum absolute atomic E-state index is 0.00745. The highest BCUT2D eigenvalue weighted by molar-refractivity contribution is 6.11. The molecule has 2 heterocycles. The molecule has 8 heteroatoms. The van der Waals surface area contributed by atoms with Gasteiger partial charge in [-0.15, -0.1) is 0 Å². The first-order valence-electron chi connectivity index (χ1n) is 9.96. The number of halogens is 3. The summed E-state index contributed by atoms with van der Waals surface area (Å²) in [6, 6.07) is 6.52. The van der Waals surface area contributed by atoms with Crippen LogP contribution in [0.2, 0.25) is 0 Å². The van der Waals surface area contributed by atoms with Crippen molar-refractivity contribution in [3.05, 3.63) is 53.0 Å². The van der Waals surface area contributed by atoms with E-state index in [0.29, 0.717) is 11.3 Å². The van der Waals surface area contributed by atoms with Crippen molar-refractivity contribution in [3.63, 3.8) is 0 Å². The lowest BCUT2D eigenvalue weighted by molar-refractivity contribution is -0.162. The van der Waals surface area contributed by atoms with Gasteiger partial charge in [-0.25, -0.2) is 4.39 Å². The van der Waals surface area contributed by atoms with Crippen molar-refractivity contribution in [1.82, 2.24) is 9.88 Å². The van der Waals surface area contributed by atoms with Crippen molar-refractivity contribution in [2.24, 2.45) is 5.41 Å². The lowest BCUT2D eigenvalue weighted by Crippen LogP contribution is -2.63. The van der Waals surface area contributed by atoms with E-state index in [1.54, 1.807) is 6.07 Å². The molecule has 1 saturated carbocycles. The van der Waals surface area contributed by atoms with Crippen LogP contribution in [0.25, 0.3) is 11.3 Å². The van der Waals surface area contributed by atoms with Crippen molar-refractivity contribution in [2.75, 3.05) is 13.1 Å². The number of hydrogen-bond acceptors (Lipinski definition) is 4. The number of ketones is 2. The second-order valence-corrected chi connectivity index (χ2v) is 8.60. The van der Waals surface area contributed by atoms with E-state index in [1.807, 2.05) is 26.0 Å². The van der Waals surface area contributed by atoms with Gasteiger partial charge in [0.15, 0.2) is 0 Å². The number of aryl methyl sites for hydroxylation is 2. The molecule has 162 valence electrons. The second-order valence-electron chi connectivity index (χ2n) is 8.60. The molecule has 31 heavy (non-hydrogen) atoms. The van der Waals surface area contributed by atoms with Gasteiger partial charge in [-0.05, 0) is 54.8 Å². The maximum atomic E-state index is 13.2. The number of carbonyl (C=O) groups is 3. The number of Topliss-reactive ketones (excluding diaryl/α,β-unsaturated/α-hetero) is 2. The molecule has 1 amide bonds. The molecule has 2 aliphatic rings. The van der Waals surface area contributed by atoms with Crippen LogP contribution in [-0.4, -0.2) is 46.9 Å². The highest BCUT2D eigenvalue weighted by Crippen LogP contribution is 2.46. The summed E-state index contributed by atoms with van der Waals surface area (Å²) in [4.78, 5) is 42.5. The first-order chi connectivity index (χ1) is 14.6. The molecule has 0 radical (unpaired) electrons. The van der Waals surface area contributed by atoms with Crippen molar-refractivity contribution in [2.45, 2.75) is 39.0 Å². The Labute approximate surface area is 177 Å². The van der Waals surface area contributed by atoms with Crippen LogP contribution in [0, 0.1) is 25.1 Å². The molecular formula is C23H21F3N2O3. The minimum Gasteiger partial charge on any atom is -0.336 e. The molecule has 1 aromatic carbocycles. The Bertz CT molecular complexity index is 1030. The number of alkyl halides is 2. The Morgan fingerprint density at radius 2 is 1.68 bits per heavy atom. The van der Waals surface area contributed by atoms with E-state index in [4.69, 9.17) is 0 Å². The molecule has 1 aliphatic heterocycles.